The average Bonchev–Trinajstić information content (AvgIpc) is 2.57. The average molecular weight is 327 g/mol. The highest BCUT2D eigenvalue weighted by Crippen LogP contribution is 2.24. The summed E-state index contributed by atoms with van der Waals surface area (Å²) in [4.78, 5) is 28.3. The van der Waals surface area contributed by atoms with E-state index in [1.54, 1.807) is 30.3 Å². The minimum absolute atomic E-state index is 0.0585. The quantitative estimate of drug-likeness (QED) is 0.817. The number of nitrogens with zero attached hydrogens (tertiary/aromatic N) is 1. The van der Waals surface area contributed by atoms with E-state index < -0.39 is 5.91 Å². The molecule has 0 fully saturated rings. The fourth-order valence-electron chi connectivity index (χ4n) is 2.42. The molecule has 0 saturated heterocycles. The van der Waals surface area contributed by atoms with Gasteiger partial charge in [-0.15, -0.1) is 0 Å². The van der Waals surface area contributed by atoms with Crippen LogP contribution in [0.2, 0.25) is 0 Å². The van der Waals surface area contributed by atoms with Crippen molar-refractivity contribution < 1.29 is 14.3 Å². The second-order valence-corrected chi connectivity index (χ2v) is 5.19. The number of carbonyl (C=O) groups excluding carboxylic acids is 2. The predicted molar refractivity (Wildman–Crippen MR) is 92.3 cm³/mol. The smallest absolute Gasteiger partial charge is 0.269 e. The number of ether oxygens (including phenoxy) is 1. The summed E-state index contributed by atoms with van der Waals surface area (Å²) in [6.07, 6.45) is 3.08. The van der Waals surface area contributed by atoms with Crippen LogP contribution in [0.4, 0.5) is 5.69 Å². The molecule has 2 rings (SSSR count). The van der Waals surface area contributed by atoms with E-state index in [9.17, 15) is 9.59 Å². The SMILES string of the molecule is CCCc1ccnc(C(N)=O)c1NC(=O)c1ccccc1OCC. The Morgan fingerprint density at radius 3 is 2.62 bits per heavy atom. The molecule has 0 unspecified atom stereocenters. The molecule has 0 aliphatic carbocycles. The Labute approximate surface area is 141 Å². The molecule has 6 heteroatoms. The third-order valence-electron chi connectivity index (χ3n) is 3.46. The molecule has 0 saturated carbocycles. The van der Waals surface area contributed by atoms with Crippen molar-refractivity contribution in [1.29, 1.82) is 0 Å². The molecule has 6 nitrogen and oxygen atoms in total. The number of hydrogen-bond acceptors (Lipinski definition) is 4. The second kappa shape index (κ2) is 8.10. The first-order valence-electron chi connectivity index (χ1n) is 7.89. The lowest BCUT2D eigenvalue weighted by atomic mass is 10.1. The summed E-state index contributed by atoms with van der Waals surface area (Å²) in [5.41, 5.74) is 7.03. The van der Waals surface area contributed by atoms with Gasteiger partial charge in [0, 0.05) is 6.20 Å². The van der Waals surface area contributed by atoms with Gasteiger partial charge in [0.25, 0.3) is 11.8 Å². The molecule has 0 atom stereocenters. The molecule has 1 aromatic carbocycles. The van der Waals surface area contributed by atoms with E-state index in [-0.39, 0.29) is 11.6 Å². The van der Waals surface area contributed by atoms with Crippen LogP contribution in [-0.2, 0) is 6.42 Å². The van der Waals surface area contributed by atoms with Gasteiger partial charge < -0.3 is 15.8 Å². The Morgan fingerprint density at radius 2 is 1.96 bits per heavy atom. The summed E-state index contributed by atoms with van der Waals surface area (Å²) in [7, 11) is 0. The van der Waals surface area contributed by atoms with E-state index in [1.807, 2.05) is 13.8 Å². The Hall–Kier alpha value is -2.89. The number of nitrogens with one attached hydrogen (secondary N) is 1. The maximum Gasteiger partial charge on any atom is 0.269 e. The minimum atomic E-state index is -0.679. The van der Waals surface area contributed by atoms with Crippen molar-refractivity contribution in [2.24, 2.45) is 5.73 Å². The van der Waals surface area contributed by atoms with E-state index in [0.717, 1.165) is 12.0 Å². The number of rotatable bonds is 7. The Bertz CT molecular complexity index is 744. The maximum absolute atomic E-state index is 12.7. The van der Waals surface area contributed by atoms with Crippen LogP contribution >= 0.6 is 0 Å². The second-order valence-electron chi connectivity index (χ2n) is 5.19. The van der Waals surface area contributed by atoms with Crippen molar-refractivity contribution >= 4 is 17.5 Å². The Morgan fingerprint density at radius 1 is 1.21 bits per heavy atom. The van der Waals surface area contributed by atoms with Crippen molar-refractivity contribution in [3.05, 3.63) is 53.3 Å². The Kier molecular flexibility index (Phi) is 5.89. The maximum atomic E-state index is 12.7. The highest BCUT2D eigenvalue weighted by Gasteiger charge is 2.19. The fourth-order valence-corrected chi connectivity index (χ4v) is 2.42. The van der Waals surface area contributed by atoms with Gasteiger partial charge in [-0.1, -0.05) is 25.5 Å². The van der Waals surface area contributed by atoms with Crippen molar-refractivity contribution in [3.8, 4) is 5.75 Å². The Balaban J connectivity index is 2.40. The van der Waals surface area contributed by atoms with Gasteiger partial charge in [0.2, 0.25) is 0 Å². The van der Waals surface area contributed by atoms with Gasteiger partial charge >= 0.3 is 0 Å². The molecule has 2 aromatic rings. The number of primary amides is 1. The fraction of sp³-hybridized carbons (Fsp3) is 0.278. The van der Waals surface area contributed by atoms with E-state index >= 15 is 0 Å². The van der Waals surface area contributed by atoms with E-state index in [0.29, 0.717) is 30.0 Å². The molecule has 126 valence electrons. The number of para-hydroxylation sites is 1. The summed E-state index contributed by atoms with van der Waals surface area (Å²) in [5.74, 6) is -0.563. The number of benzene rings is 1. The van der Waals surface area contributed by atoms with Gasteiger partial charge in [0.15, 0.2) is 5.69 Å². The largest absolute Gasteiger partial charge is 0.493 e. The van der Waals surface area contributed by atoms with Crippen LogP contribution in [0.15, 0.2) is 36.5 Å². The van der Waals surface area contributed by atoms with Crippen LogP contribution < -0.4 is 15.8 Å². The van der Waals surface area contributed by atoms with Crippen LogP contribution in [0.3, 0.4) is 0 Å². The first kappa shape index (κ1) is 17.5. The van der Waals surface area contributed by atoms with Gasteiger partial charge in [0.05, 0.1) is 17.9 Å². The lowest BCUT2D eigenvalue weighted by Crippen LogP contribution is -2.21. The number of aryl methyl sites for hydroxylation is 1. The third kappa shape index (κ3) is 3.90. The zero-order chi connectivity index (χ0) is 17.5. The first-order valence-corrected chi connectivity index (χ1v) is 7.89. The van der Waals surface area contributed by atoms with E-state index in [4.69, 9.17) is 10.5 Å². The van der Waals surface area contributed by atoms with Gasteiger partial charge in [-0.2, -0.15) is 0 Å². The molecular weight excluding hydrogens is 306 g/mol. The monoisotopic (exact) mass is 327 g/mol. The molecule has 1 aromatic heterocycles. The van der Waals surface area contributed by atoms with Crippen LogP contribution in [0.1, 0.15) is 46.7 Å². The molecule has 0 spiro atoms. The highest BCUT2D eigenvalue weighted by atomic mass is 16.5. The first-order chi connectivity index (χ1) is 11.6. The molecule has 0 radical (unpaired) electrons. The molecule has 3 N–H and O–H groups in total. The minimum Gasteiger partial charge on any atom is -0.493 e. The predicted octanol–water partition coefficient (Wildman–Crippen LogP) is 2.78. The van der Waals surface area contributed by atoms with Crippen molar-refractivity contribution in [1.82, 2.24) is 4.98 Å². The molecule has 0 aliphatic heterocycles. The van der Waals surface area contributed by atoms with Crippen LogP contribution in [0.5, 0.6) is 5.75 Å². The van der Waals surface area contributed by atoms with Crippen LogP contribution in [0, 0.1) is 0 Å². The lowest BCUT2D eigenvalue weighted by molar-refractivity contribution is 0.0996. The van der Waals surface area contributed by atoms with Gasteiger partial charge in [-0.3, -0.25) is 9.59 Å². The molecule has 24 heavy (non-hydrogen) atoms. The zero-order valence-electron chi connectivity index (χ0n) is 13.8. The number of pyridine rings is 1. The van der Waals surface area contributed by atoms with Crippen molar-refractivity contribution in [2.75, 3.05) is 11.9 Å². The standard InChI is InChI=1S/C18H21N3O3/c1-3-7-12-10-11-20-16(17(19)22)15(12)21-18(23)13-8-5-6-9-14(13)24-4-2/h5-6,8-11H,3-4,7H2,1-2H3,(H2,19,22)(H,21,23). The zero-order valence-corrected chi connectivity index (χ0v) is 13.8. The van der Waals surface area contributed by atoms with E-state index in [2.05, 4.69) is 10.3 Å². The van der Waals surface area contributed by atoms with Gasteiger partial charge in [-0.25, -0.2) is 4.98 Å². The van der Waals surface area contributed by atoms with Crippen LogP contribution in [-0.4, -0.2) is 23.4 Å². The van der Waals surface area contributed by atoms with Gasteiger partial charge in [-0.05, 0) is 37.1 Å². The highest BCUT2D eigenvalue weighted by molar-refractivity contribution is 6.09. The summed E-state index contributed by atoms with van der Waals surface area (Å²) < 4.78 is 5.48. The number of nitrogens with two attached hydrogens (primary N) is 1. The lowest BCUT2D eigenvalue weighted by Gasteiger charge is -2.15. The summed E-state index contributed by atoms with van der Waals surface area (Å²) in [6.45, 7) is 4.31. The number of amides is 2. The van der Waals surface area contributed by atoms with Crippen molar-refractivity contribution in [2.45, 2.75) is 26.7 Å². The van der Waals surface area contributed by atoms with E-state index in [1.165, 1.54) is 6.20 Å². The topological polar surface area (TPSA) is 94.3 Å². The number of hydrogen-bond donors (Lipinski definition) is 2. The molecule has 0 bridgehead atoms. The number of carbonyl (C=O) groups is 2. The third-order valence-corrected chi connectivity index (χ3v) is 3.46. The summed E-state index contributed by atoms with van der Waals surface area (Å²) >= 11 is 0. The summed E-state index contributed by atoms with van der Waals surface area (Å²) in [6, 6.07) is 8.72. The molecule has 1 heterocycles. The molecule has 0 aliphatic rings. The number of anilines is 1. The van der Waals surface area contributed by atoms with Crippen molar-refractivity contribution in [3.63, 3.8) is 0 Å². The van der Waals surface area contributed by atoms with Crippen LogP contribution in [0.25, 0.3) is 0 Å². The molecule has 2 amide bonds. The molecular formula is C18H21N3O3. The summed E-state index contributed by atoms with van der Waals surface area (Å²) in [5, 5.41) is 2.78. The van der Waals surface area contributed by atoms with Gasteiger partial charge in [0.1, 0.15) is 5.75 Å². The normalized spacial score (nSPS) is 10.2. The number of aromatic nitrogens is 1.